The van der Waals surface area contributed by atoms with E-state index >= 15 is 0 Å². The monoisotopic (exact) mass is 147 g/mol. The Hall–Kier alpha value is -0.141. The van der Waals surface area contributed by atoms with E-state index in [-0.39, 0.29) is 0 Å². The van der Waals surface area contributed by atoms with Crippen molar-refractivity contribution in [2.45, 2.75) is 0 Å². The zero-order valence-electron chi connectivity index (χ0n) is 3.09. The molecule has 0 N–H and O–H groups in total. The molecular formula is C3H3N2Se. The van der Waals surface area contributed by atoms with Crippen molar-refractivity contribution in [1.29, 1.82) is 0 Å². The van der Waals surface area contributed by atoms with Crippen LogP contribution in [0, 0.1) is 0 Å². The summed E-state index contributed by atoms with van der Waals surface area (Å²) in [6.07, 6.45) is 1.56. The van der Waals surface area contributed by atoms with Crippen LogP contribution < -0.4 is 0 Å². The zero-order chi connectivity index (χ0) is 4.41. The summed E-state index contributed by atoms with van der Waals surface area (Å²) in [7, 11) is 0. The second kappa shape index (κ2) is 1.54. The van der Waals surface area contributed by atoms with Gasteiger partial charge in [0.05, 0.1) is 0 Å². The second-order valence-corrected chi connectivity index (χ2v) is 1.97. The van der Waals surface area contributed by atoms with Crippen LogP contribution >= 0.6 is 0 Å². The Labute approximate surface area is 44.2 Å². The van der Waals surface area contributed by atoms with E-state index in [0.29, 0.717) is 0 Å². The van der Waals surface area contributed by atoms with Crippen molar-refractivity contribution in [1.82, 2.24) is 0 Å². The van der Waals surface area contributed by atoms with Gasteiger partial charge in [0.15, 0.2) is 0 Å². The number of nitrogens with zero attached hydrogens (tertiary/aromatic N) is 2. The van der Waals surface area contributed by atoms with E-state index in [2.05, 4.69) is 26.0 Å². The number of hydrogen-bond donors (Lipinski definition) is 0. The molecule has 2 nitrogen and oxygen atoms in total. The second-order valence-electron chi connectivity index (χ2n) is 0.979. The van der Waals surface area contributed by atoms with E-state index in [1.807, 2.05) is 0 Å². The van der Waals surface area contributed by atoms with Crippen molar-refractivity contribution in [2.24, 2.45) is 9.98 Å². The van der Waals surface area contributed by atoms with Gasteiger partial charge in [-0.05, 0) is 0 Å². The summed E-state index contributed by atoms with van der Waals surface area (Å²) in [5.74, 6) is 0. The third-order valence-corrected chi connectivity index (χ3v) is 1.00. The van der Waals surface area contributed by atoms with Crippen molar-refractivity contribution in [2.75, 3.05) is 6.54 Å². The Bertz CT molecular complexity index is 105. The van der Waals surface area contributed by atoms with Crippen LogP contribution in [0.15, 0.2) is 9.98 Å². The van der Waals surface area contributed by atoms with Gasteiger partial charge in [0.2, 0.25) is 0 Å². The topological polar surface area (TPSA) is 24.7 Å². The van der Waals surface area contributed by atoms with Crippen molar-refractivity contribution in [3.8, 4) is 0 Å². The van der Waals surface area contributed by atoms with Crippen LogP contribution in [-0.4, -0.2) is 33.5 Å². The fourth-order valence-electron chi connectivity index (χ4n) is 0.265. The molecule has 0 bridgehead atoms. The fourth-order valence-corrected chi connectivity index (χ4v) is 0.520. The van der Waals surface area contributed by atoms with Gasteiger partial charge in [-0.2, -0.15) is 0 Å². The average molecular weight is 146 g/mol. The predicted octanol–water partition coefficient (Wildman–Crippen LogP) is -0.405. The van der Waals surface area contributed by atoms with E-state index in [1.54, 1.807) is 6.34 Å². The number of rotatable bonds is 0. The summed E-state index contributed by atoms with van der Waals surface area (Å²) in [4.78, 5) is 7.61. The molecule has 0 aromatic heterocycles. The molecule has 0 fully saturated rings. The Morgan fingerprint density at radius 1 is 1.83 bits per heavy atom. The normalized spacial score (nSPS) is 18.3. The molecule has 0 amide bonds. The van der Waals surface area contributed by atoms with Crippen molar-refractivity contribution < 1.29 is 0 Å². The summed E-state index contributed by atoms with van der Waals surface area (Å²) in [6, 6.07) is 0. The van der Waals surface area contributed by atoms with E-state index < -0.39 is 0 Å². The van der Waals surface area contributed by atoms with Gasteiger partial charge in [-0.1, -0.05) is 0 Å². The van der Waals surface area contributed by atoms with E-state index in [9.17, 15) is 0 Å². The minimum absolute atomic E-state index is 0.750. The summed E-state index contributed by atoms with van der Waals surface area (Å²) >= 11 is 2.76. The molecule has 0 saturated heterocycles. The molecule has 1 rings (SSSR count). The van der Waals surface area contributed by atoms with Gasteiger partial charge in [-0.15, -0.1) is 0 Å². The standard InChI is InChI=1S/C3H3N2Se/c6-3-1-4-2-5-3/h2H,1H2. The SMILES string of the molecule is [Se]C1=NC=NC1. The first-order chi connectivity index (χ1) is 2.89. The van der Waals surface area contributed by atoms with Crippen LogP contribution in [0.1, 0.15) is 0 Å². The van der Waals surface area contributed by atoms with Crippen LogP contribution in [-0.2, 0) is 0 Å². The Morgan fingerprint density at radius 2 is 2.67 bits per heavy atom. The fraction of sp³-hybridized carbons (Fsp3) is 0.333. The third-order valence-electron chi connectivity index (χ3n) is 0.510. The maximum atomic E-state index is 3.81. The minimum atomic E-state index is 0.750. The van der Waals surface area contributed by atoms with Gasteiger partial charge in [0.25, 0.3) is 0 Å². The van der Waals surface area contributed by atoms with Crippen molar-refractivity contribution in [3.63, 3.8) is 0 Å². The van der Waals surface area contributed by atoms with Crippen LogP contribution in [0.3, 0.4) is 0 Å². The van der Waals surface area contributed by atoms with E-state index in [0.717, 1.165) is 11.2 Å². The molecular weight excluding hydrogens is 143 g/mol. The number of hydrogen-bond acceptors (Lipinski definition) is 2. The van der Waals surface area contributed by atoms with Gasteiger partial charge >= 0.3 is 43.5 Å². The molecule has 1 heterocycles. The van der Waals surface area contributed by atoms with E-state index in [4.69, 9.17) is 0 Å². The summed E-state index contributed by atoms with van der Waals surface area (Å²) < 4.78 is 0.981. The molecule has 0 aromatic rings. The molecule has 31 valence electrons. The van der Waals surface area contributed by atoms with Crippen LogP contribution in [0.2, 0.25) is 0 Å². The quantitative estimate of drug-likeness (QED) is 0.415. The molecule has 1 aliphatic heterocycles. The van der Waals surface area contributed by atoms with Crippen LogP contribution in [0.25, 0.3) is 0 Å². The molecule has 0 spiro atoms. The van der Waals surface area contributed by atoms with Crippen molar-refractivity contribution >= 4 is 27.0 Å². The van der Waals surface area contributed by atoms with Crippen molar-refractivity contribution in [3.05, 3.63) is 0 Å². The first kappa shape index (κ1) is 4.03. The van der Waals surface area contributed by atoms with Gasteiger partial charge in [0.1, 0.15) is 0 Å². The molecule has 3 heteroatoms. The zero-order valence-corrected chi connectivity index (χ0v) is 4.80. The molecule has 1 aliphatic rings. The third kappa shape index (κ3) is 0.671. The molecule has 0 aliphatic carbocycles. The summed E-state index contributed by atoms with van der Waals surface area (Å²) in [6.45, 7) is 0.750. The first-order valence-corrected chi connectivity index (χ1v) is 2.47. The van der Waals surface area contributed by atoms with Crippen LogP contribution in [0.4, 0.5) is 0 Å². The molecule has 6 heavy (non-hydrogen) atoms. The Kier molecular flexibility index (Phi) is 1.03. The van der Waals surface area contributed by atoms with Gasteiger partial charge in [0, 0.05) is 0 Å². The summed E-state index contributed by atoms with van der Waals surface area (Å²) in [5, 5.41) is 0. The number of aliphatic imine (C=N–C) groups is 2. The van der Waals surface area contributed by atoms with Gasteiger partial charge in [-0.25, -0.2) is 0 Å². The molecule has 0 unspecified atom stereocenters. The molecule has 0 atom stereocenters. The summed E-state index contributed by atoms with van der Waals surface area (Å²) in [5.41, 5.74) is 0. The first-order valence-electron chi connectivity index (χ1n) is 1.61. The Morgan fingerprint density at radius 3 is 2.83 bits per heavy atom. The van der Waals surface area contributed by atoms with Gasteiger partial charge < -0.3 is 0 Å². The predicted molar refractivity (Wildman–Crippen MR) is 26.5 cm³/mol. The molecule has 0 saturated carbocycles. The molecule has 0 aromatic carbocycles. The average Bonchev–Trinajstić information content (AvgIpc) is 1.86. The van der Waals surface area contributed by atoms with Gasteiger partial charge in [-0.3, -0.25) is 0 Å². The van der Waals surface area contributed by atoms with E-state index in [1.165, 1.54) is 0 Å². The maximum absolute atomic E-state index is 3.81. The molecule has 1 radical (unpaired) electrons. The van der Waals surface area contributed by atoms with Crippen LogP contribution in [0.5, 0.6) is 0 Å². The Balaban J connectivity index is 2.61.